The topological polar surface area (TPSA) is 49.9 Å². The lowest BCUT2D eigenvalue weighted by molar-refractivity contribution is -0.137. The van der Waals surface area contributed by atoms with Crippen molar-refractivity contribution in [3.8, 4) is 5.75 Å². The maximum Gasteiger partial charge on any atom is 0.260 e. The molecule has 5 rings (SSSR count). The Bertz CT molecular complexity index is 1230. The molecule has 1 fully saturated rings. The molecule has 5 nitrogen and oxygen atoms in total. The number of fused-ring (bicyclic) bond motifs is 1. The predicted octanol–water partition coefficient (Wildman–Crippen LogP) is 6.10. The largest absolute Gasteiger partial charge is 0.497 e. The third-order valence-corrected chi connectivity index (χ3v) is 7.86. The zero-order chi connectivity index (χ0) is 25.8. The molecular weight excluding hydrogens is 460 g/mol. The molecule has 192 valence electrons. The molecule has 3 aromatic rings. The molecule has 0 bridgehead atoms. The number of methoxy groups -OCH3 is 1. The zero-order valence-corrected chi connectivity index (χ0v) is 21.9. The van der Waals surface area contributed by atoms with Crippen LogP contribution in [0.15, 0.2) is 72.8 Å². The van der Waals surface area contributed by atoms with E-state index in [-0.39, 0.29) is 17.9 Å². The Morgan fingerprint density at radius 1 is 0.919 bits per heavy atom. The first-order valence-electron chi connectivity index (χ1n) is 13.4. The predicted molar refractivity (Wildman–Crippen MR) is 146 cm³/mol. The van der Waals surface area contributed by atoms with Gasteiger partial charge in [0.15, 0.2) is 0 Å². The first kappa shape index (κ1) is 25.2. The zero-order valence-electron chi connectivity index (χ0n) is 21.9. The molecule has 2 amide bonds. The summed E-state index contributed by atoms with van der Waals surface area (Å²) in [6, 6.07) is 23.3. The number of imide groups is 1. The summed E-state index contributed by atoms with van der Waals surface area (Å²) < 4.78 is 5.29. The molecule has 0 N–H and O–H groups in total. The van der Waals surface area contributed by atoms with Gasteiger partial charge in [0.25, 0.3) is 11.8 Å². The van der Waals surface area contributed by atoms with Gasteiger partial charge in [0, 0.05) is 24.7 Å². The van der Waals surface area contributed by atoms with Gasteiger partial charge in [-0.1, -0.05) is 73.4 Å². The van der Waals surface area contributed by atoms with Gasteiger partial charge < -0.3 is 4.74 Å². The smallest absolute Gasteiger partial charge is 0.260 e. The number of benzene rings is 3. The summed E-state index contributed by atoms with van der Waals surface area (Å²) in [4.78, 5) is 32.4. The molecule has 1 unspecified atom stereocenters. The van der Waals surface area contributed by atoms with Gasteiger partial charge in [-0.25, -0.2) is 0 Å². The van der Waals surface area contributed by atoms with Crippen molar-refractivity contribution in [2.45, 2.75) is 64.1 Å². The number of amides is 2. The molecule has 1 aliphatic heterocycles. The first-order chi connectivity index (χ1) is 18.0. The molecule has 1 aliphatic carbocycles. The highest BCUT2D eigenvalue weighted by Gasteiger charge is 2.41. The van der Waals surface area contributed by atoms with Crippen LogP contribution in [-0.2, 0) is 17.8 Å². The van der Waals surface area contributed by atoms with Crippen LogP contribution in [-0.4, -0.2) is 41.3 Å². The van der Waals surface area contributed by atoms with Gasteiger partial charge in [-0.15, -0.1) is 0 Å². The van der Waals surface area contributed by atoms with Crippen LogP contribution in [0.5, 0.6) is 5.75 Å². The van der Waals surface area contributed by atoms with Gasteiger partial charge in [0.1, 0.15) is 11.8 Å². The average Bonchev–Trinajstić information content (AvgIpc) is 2.94. The lowest BCUT2D eigenvalue weighted by Crippen LogP contribution is -2.52. The fourth-order valence-electron chi connectivity index (χ4n) is 5.80. The van der Waals surface area contributed by atoms with Crippen LogP contribution >= 0.6 is 0 Å². The van der Waals surface area contributed by atoms with Crippen molar-refractivity contribution in [1.82, 2.24) is 9.80 Å². The minimum absolute atomic E-state index is 0.0776. The standard InChI is InChI=1S/C32H36N2O3/c1-23-12-14-24(15-13-23)22-33-21-20-25-8-6-7-11-29(25)30(33)32(36)34(27-9-4-3-5-10-27)31(35)26-16-18-28(37-2)19-17-26/h6-8,11-19,27,30H,3-5,9-10,20-22H2,1-2H3. The molecule has 0 radical (unpaired) electrons. The number of rotatable bonds is 6. The number of nitrogens with zero attached hydrogens (tertiary/aromatic N) is 2. The third-order valence-electron chi connectivity index (χ3n) is 7.86. The van der Waals surface area contributed by atoms with Crippen molar-refractivity contribution >= 4 is 11.8 Å². The lowest BCUT2D eigenvalue weighted by Gasteiger charge is -2.41. The van der Waals surface area contributed by atoms with E-state index in [1.807, 2.05) is 12.1 Å². The van der Waals surface area contributed by atoms with Gasteiger partial charge >= 0.3 is 0 Å². The monoisotopic (exact) mass is 496 g/mol. The van der Waals surface area contributed by atoms with E-state index in [1.165, 1.54) is 16.7 Å². The van der Waals surface area contributed by atoms with Crippen molar-refractivity contribution in [2.75, 3.05) is 13.7 Å². The van der Waals surface area contributed by atoms with E-state index in [0.29, 0.717) is 17.9 Å². The number of hydrogen-bond acceptors (Lipinski definition) is 4. The Morgan fingerprint density at radius 3 is 2.32 bits per heavy atom. The molecule has 1 saturated carbocycles. The summed E-state index contributed by atoms with van der Waals surface area (Å²) in [7, 11) is 1.61. The maximum atomic E-state index is 14.6. The SMILES string of the molecule is COc1ccc(C(=O)N(C(=O)C2c3ccccc3CCN2Cc2ccc(C)cc2)C2CCCCC2)cc1. The molecule has 2 aliphatic rings. The molecule has 0 aromatic heterocycles. The highest BCUT2D eigenvalue weighted by Crippen LogP contribution is 2.35. The van der Waals surface area contributed by atoms with Gasteiger partial charge in [0.2, 0.25) is 0 Å². The van der Waals surface area contributed by atoms with Gasteiger partial charge in [-0.2, -0.15) is 0 Å². The summed E-state index contributed by atoms with van der Waals surface area (Å²) in [5, 5.41) is 0. The van der Waals surface area contributed by atoms with Crippen molar-refractivity contribution in [3.63, 3.8) is 0 Å². The van der Waals surface area contributed by atoms with Crippen LogP contribution in [0, 0.1) is 6.92 Å². The van der Waals surface area contributed by atoms with Crippen molar-refractivity contribution in [1.29, 1.82) is 0 Å². The Morgan fingerprint density at radius 2 is 1.62 bits per heavy atom. The molecule has 37 heavy (non-hydrogen) atoms. The molecule has 1 heterocycles. The molecule has 0 saturated heterocycles. The molecule has 1 atom stereocenters. The van der Waals surface area contributed by atoms with E-state index in [9.17, 15) is 9.59 Å². The van der Waals surface area contributed by atoms with E-state index in [2.05, 4.69) is 48.2 Å². The molecular formula is C32H36N2O3. The van der Waals surface area contributed by atoms with Gasteiger partial charge in [-0.05, 0) is 67.1 Å². The van der Waals surface area contributed by atoms with E-state index in [4.69, 9.17) is 4.74 Å². The summed E-state index contributed by atoms with van der Waals surface area (Å²) in [5.74, 6) is 0.377. The normalized spacial score (nSPS) is 18.2. The Labute approximate surface area is 220 Å². The van der Waals surface area contributed by atoms with Crippen LogP contribution in [0.4, 0.5) is 0 Å². The maximum absolute atomic E-state index is 14.6. The molecule has 3 aromatic carbocycles. The summed E-state index contributed by atoms with van der Waals surface area (Å²) in [6.45, 7) is 3.52. The minimum atomic E-state index is -0.490. The Kier molecular flexibility index (Phi) is 7.71. The number of carbonyl (C=O) groups is 2. The molecule has 5 heteroatoms. The quantitative estimate of drug-likeness (QED) is 0.387. The number of aryl methyl sites for hydroxylation is 1. The van der Waals surface area contributed by atoms with Crippen LogP contribution in [0.3, 0.4) is 0 Å². The fourth-order valence-corrected chi connectivity index (χ4v) is 5.80. The second kappa shape index (κ2) is 11.3. The average molecular weight is 497 g/mol. The van der Waals surface area contributed by atoms with Crippen LogP contribution < -0.4 is 4.74 Å². The Balaban J connectivity index is 1.52. The lowest BCUT2D eigenvalue weighted by atomic mass is 9.89. The highest BCUT2D eigenvalue weighted by molar-refractivity contribution is 6.06. The summed E-state index contributed by atoms with van der Waals surface area (Å²) in [5.41, 5.74) is 5.13. The second-order valence-corrected chi connectivity index (χ2v) is 10.3. The van der Waals surface area contributed by atoms with Gasteiger partial charge in [-0.3, -0.25) is 19.4 Å². The van der Waals surface area contributed by atoms with Crippen LogP contribution in [0.25, 0.3) is 0 Å². The van der Waals surface area contributed by atoms with Crippen molar-refractivity contribution < 1.29 is 14.3 Å². The van der Waals surface area contributed by atoms with E-state index in [1.54, 1.807) is 36.3 Å². The number of carbonyl (C=O) groups excluding carboxylic acids is 2. The number of ether oxygens (including phenoxy) is 1. The van der Waals surface area contributed by atoms with Crippen LogP contribution in [0.2, 0.25) is 0 Å². The van der Waals surface area contributed by atoms with E-state index in [0.717, 1.165) is 50.6 Å². The summed E-state index contributed by atoms with van der Waals surface area (Å²) >= 11 is 0. The second-order valence-electron chi connectivity index (χ2n) is 10.3. The number of hydrogen-bond donors (Lipinski definition) is 0. The van der Waals surface area contributed by atoms with Gasteiger partial charge in [0.05, 0.1) is 7.11 Å². The van der Waals surface area contributed by atoms with E-state index >= 15 is 0 Å². The van der Waals surface area contributed by atoms with Crippen molar-refractivity contribution in [3.05, 3.63) is 101 Å². The van der Waals surface area contributed by atoms with Crippen LogP contribution in [0.1, 0.15) is 70.8 Å². The van der Waals surface area contributed by atoms with Crippen molar-refractivity contribution in [2.24, 2.45) is 0 Å². The molecule has 0 spiro atoms. The Hall–Kier alpha value is -3.44. The third kappa shape index (κ3) is 5.47. The van der Waals surface area contributed by atoms with E-state index < -0.39 is 6.04 Å². The fraction of sp³-hybridized carbons (Fsp3) is 0.375. The minimum Gasteiger partial charge on any atom is -0.497 e. The first-order valence-corrected chi connectivity index (χ1v) is 13.4. The summed E-state index contributed by atoms with van der Waals surface area (Å²) in [6.07, 6.45) is 5.85. The highest BCUT2D eigenvalue weighted by atomic mass is 16.5.